The summed E-state index contributed by atoms with van der Waals surface area (Å²) in [6.45, 7) is 4.20. The average molecular weight is 251 g/mol. The molecule has 0 amide bonds. The molecule has 19 heavy (non-hydrogen) atoms. The Bertz CT molecular complexity index is 713. The van der Waals surface area contributed by atoms with Gasteiger partial charge in [0.25, 0.3) is 0 Å². The lowest BCUT2D eigenvalue weighted by atomic mass is 9.98. The van der Waals surface area contributed by atoms with Crippen molar-refractivity contribution in [2.24, 2.45) is 0 Å². The van der Waals surface area contributed by atoms with Gasteiger partial charge in [-0.05, 0) is 24.1 Å². The third-order valence-electron chi connectivity index (χ3n) is 3.62. The number of pyridine rings is 1. The Hall–Kier alpha value is -2.29. The van der Waals surface area contributed by atoms with Crippen molar-refractivity contribution in [3.8, 4) is 0 Å². The molecule has 2 N–H and O–H groups in total. The number of nitrogens with zero attached hydrogens (tertiary/aromatic N) is 2. The lowest BCUT2D eigenvalue weighted by molar-refractivity contribution is 0.889. The summed E-state index contributed by atoms with van der Waals surface area (Å²) < 4.78 is 1.96. The molecule has 1 aromatic carbocycles. The fourth-order valence-electron chi connectivity index (χ4n) is 2.46. The molecule has 3 nitrogen and oxygen atoms in total. The number of aromatic nitrogens is 2. The third-order valence-corrected chi connectivity index (χ3v) is 3.62. The Morgan fingerprint density at radius 1 is 1.11 bits per heavy atom. The number of hydrogen-bond acceptors (Lipinski definition) is 2. The van der Waals surface area contributed by atoms with Gasteiger partial charge in [0.15, 0.2) is 0 Å². The zero-order valence-electron chi connectivity index (χ0n) is 11.2. The van der Waals surface area contributed by atoms with Gasteiger partial charge >= 0.3 is 0 Å². The maximum atomic E-state index is 6.25. The van der Waals surface area contributed by atoms with Crippen LogP contribution in [0.25, 0.3) is 5.65 Å². The number of benzene rings is 1. The van der Waals surface area contributed by atoms with Crippen LogP contribution in [0.1, 0.15) is 29.7 Å². The Kier molecular flexibility index (Phi) is 2.75. The highest BCUT2D eigenvalue weighted by atomic mass is 15.1. The number of nitrogens with two attached hydrogens (primary N) is 1. The molecule has 1 atom stereocenters. The van der Waals surface area contributed by atoms with Crippen molar-refractivity contribution in [1.82, 2.24) is 9.38 Å². The summed E-state index contributed by atoms with van der Waals surface area (Å²) in [5.41, 5.74) is 10.5. The summed E-state index contributed by atoms with van der Waals surface area (Å²) >= 11 is 0. The van der Waals surface area contributed by atoms with Crippen molar-refractivity contribution in [3.05, 3.63) is 65.5 Å². The predicted molar refractivity (Wildman–Crippen MR) is 78.3 cm³/mol. The molecule has 0 saturated carbocycles. The van der Waals surface area contributed by atoms with Crippen LogP contribution < -0.4 is 5.73 Å². The second-order valence-corrected chi connectivity index (χ2v) is 4.90. The second kappa shape index (κ2) is 4.43. The van der Waals surface area contributed by atoms with Gasteiger partial charge in [0, 0.05) is 12.1 Å². The molecule has 0 bridgehead atoms. The van der Waals surface area contributed by atoms with Crippen LogP contribution in [0.2, 0.25) is 0 Å². The molecule has 0 radical (unpaired) electrons. The summed E-state index contributed by atoms with van der Waals surface area (Å²) in [6, 6.07) is 14.4. The van der Waals surface area contributed by atoms with Crippen LogP contribution in [0.4, 0.5) is 5.82 Å². The van der Waals surface area contributed by atoms with E-state index in [4.69, 9.17) is 10.7 Å². The largest absolute Gasteiger partial charge is 0.383 e. The van der Waals surface area contributed by atoms with E-state index in [1.807, 2.05) is 34.9 Å². The van der Waals surface area contributed by atoms with Gasteiger partial charge in [-0.1, -0.05) is 43.3 Å². The molecule has 0 aliphatic carbocycles. The molecule has 0 saturated heterocycles. The number of rotatable bonds is 2. The smallest absolute Gasteiger partial charge is 0.141 e. The standard InChI is InChI=1S/C16H17N3/c1-11-7-6-10-19-15(17)14(18-16(11)19)12(2)13-8-4-3-5-9-13/h3-10,12H,17H2,1-2H3. The number of aryl methyl sites for hydroxylation is 1. The van der Waals surface area contributed by atoms with E-state index >= 15 is 0 Å². The molecule has 3 heteroatoms. The van der Waals surface area contributed by atoms with E-state index in [1.54, 1.807) is 0 Å². The average Bonchev–Trinajstić information content (AvgIpc) is 2.78. The van der Waals surface area contributed by atoms with Crippen LogP contribution in [0.15, 0.2) is 48.7 Å². The third kappa shape index (κ3) is 1.87. The van der Waals surface area contributed by atoms with Crippen molar-refractivity contribution in [2.75, 3.05) is 5.73 Å². The first kappa shape index (κ1) is 11.8. The molecular formula is C16H17N3. The highest BCUT2D eigenvalue weighted by molar-refractivity contribution is 5.58. The number of imidazole rings is 1. The first-order valence-electron chi connectivity index (χ1n) is 6.46. The van der Waals surface area contributed by atoms with E-state index < -0.39 is 0 Å². The molecule has 0 aliphatic heterocycles. The highest BCUT2D eigenvalue weighted by Crippen LogP contribution is 2.29. The first-order valence-corrected chi connectivity index (χ1v) is 6.46. The van der Waals surface area contributed by atoms with Crippen molar-refractivity contribution >= 4 is 11.5 Å². The van der Waals surface area contributed by atoms with Gasteiger partial charge < -0.3 is 5.73 Å². The summed E-state index contributed by atoms with van der Waals surface area (Å²) in [4.78, 5) is 4.73. The van der Waals surface area contributed by atoms with Gasteiger partial charge in [-0.15, -0.1) is 0 Å². The Morgan fingerprint density at radius 2 is 1.84 bits per heavy atom. The number of hydrogen-bond donors (Lipinski definition) is 1. The van der Waals surface area contributed by atoms with Gasteiger partial charge in [0.05, 0.1) is 5.69 Å². The maximum absolute atomic E-state index is 6.25. The minimum Gasteiger partial charge on any atom is -0.383 e. The summed E-state index contributed by atoms with van der Waals surface area (Å²) in [5.74, 6) is 0.926. The Morgan fingerprint density at radius 3 is 2.53 bits per heavy atom. The summed E-state index contributed by atoms with van der Waals surface area (Å²) in [6.07, 6.45) is 1.96. The topological polar surface area (TPSA) is 43.3 Å². The van der Waals surface area contributed by atoms with Crippen molar-refractivity contribution in [2.45, 2.75) is 19.8 Å². The first-order chi connectivity index (χ1) is 9.18. The number of fused-ring (bicyclic) bond motifs is 1. The minimum absolute atomic E-state index is 0.195. The van der Waals surface area contributed by atoms with Gasteiger partial charge in [-0.25, -0.2) is 4.98 Å². The molecule has 1 unspecified atom stereocenters. The van der Waals surface area contributed by atoms with Gasteiger partial charge in [0.2, 0.25) is 0 Å². The predicted octanol–water partition coefficient (Wildman–Crippen LogP) is 3.38. The van der Waals surface area contributed by atoms with Crippen LogP contribution in [-0.4, -0.2) is 9.38 Å². The Balaban J connectivity index is 2.16. The van der Waals surface area contributed by atoms with E-state index in [-0.39, 0.29) is 5.92 Å². The zero-order chi connectivity index (χ0) is 13.4. The molecule has 0 spiro atoms. The van der Waals surface area contributed by atoms with E-state index in [0.29, 0.717) is 0 Å². The van der Waals surface area contributed by atoms with E-state index in [0.717, 1.165) is 22.7 Å². The van der Waals surface area contributed by atoms with Crippen molar-refractivity contribution < 1.29 is 0 Å². The molecular weight excluding hydrogens is 234 g/mol. The van der Waals surface area contributed by atoms with Crippen LogP contribution in [-0.2, 0) is 0 Å². The molecule has 96 valence electrons. The summed E-state index contributed by atoms with van der Waals surface area (Å²) in [5, 5.41) is 0. The Labute approximate surface area is 112 Å². The quantitative estimate of drug-likeness (QED) is 0.758. The van der Waals surface area contributed by atoms with E-state index in [1.165, 1.54) is 5.56 Å². The molecule has 2 aromatic heterocycles. The molecule has 3 aromatic rings. The number of anilines is 1. The zero-order valence-corrected chi connectivity index (χ0v) is 11.2. The monoisotopic (exact) mass is 251 g/mol. The van der Waals surface area contributed by atoms with Crippen LogP contribution in [0.5, 0.6) is 0 Å². The van der Waals surface area contributed by atoms with Crippen LogP contribution >= 0.6 is 0 Å². The van der Waals surface area contributed by atoms with Crippen LogP contribution in [0.3, 0.4) is 0 Å². The molecule has 2 heterocycles. The minimum atomic E-state index is 0.195. The normalized spacial score (nSPS) is 12.7. The lowest BCUT2D eigenvalue weighted by Gasteiger charge is -2.09. The van der Waals surface area contributed by atoms with Gasteiger partial charge in [0.1, 0.15) is 11.5 Å². The summed E-state index contributed by atoms with van der Waals surface area (Å²) in [7, 11) is 0. The van der Waals surface area contributed by atoms with Gasteiger partial charge in [-0.2, -0.15) is 0 Å². The van der Waals surface area contributed by atoms with Gasteiger partial charge in [-0.3, -0.25) is 4.40 Å². The fraction of sp³-hybridized carbons (Fsp3) is 0.188. The highest BCUT2D eigenvalue weighted by Gasteiger charge is 2.17. The maximum Gasteiger partial charge on any atom is 0.141 e. The van der Waals surface area contributed by atoms with E-state index in [2.05, 4.69) is 32.0 Å². The van der Waals surface area contributed by atoms with Crippen molar-refractivity contribution in [1.29, 1.82) is 0 Å². The lowest BCUT2D eigenvalue weighted by Crippen LogP contribution is -2.01. The van der Waals surface area contributed by atoms with Crippen molar-refractivity contribution in [3.63, 3.8) is 0 Å². The molecule has 0 aliphatic rings. The second-order valence-electron chi connectivity index (χ2n) is 4.90. The molecule has 0 fully saturated rings. The van der Waals surface area contributed by atoms with E-state index in [9.17, 15) is 0 Å². The fourth-order valence-corrected chi connectivity index (χ4v) is 2.46. The van der Waals surface area contributed by atoms with Crippen LogP contribution in [0, 0.1) is 6.92 Å². The number of nitrogen functional groups attached to an aromatic ring is 1. The SMILES string of the molecule is Cc1cccn2c(N)c(C(C)c3ccccc3)nc12. The molecule has 3 rings (SSSR count).